The van der Waals surface area contributed by atoms with E-state index in [0.29, 0.717) is 17.2 Å². The third-order valence-corrected chi connectivity index (χ3v) is 5.71. The highest BCUT2D eigenvalue weighted by molar-refractivity contribution is 7.98. The van der Waals surface area contributed by atoms with Crippen molar-refractivity contribution in [1.82, 2.24) is 14.9 Å². The normalized spacial score (nSPS) is 12.0. The van der Waals surface area contributed by atoms with Crippen molar-refractivity contribution in [2.75, 3.05) is 24.4 Å². The van der Waals surface area contributed by atoms with Crippen LogP contribution in [0.1, 0.15) is 16.9 Å². The highest BCUT2D eigenvalue weighted by Crippen LogP contribution is 2.24. The molecule has 0 radical (unpaired) electrons. The van der Waals surface area contributed by atoms with Crippen LogP contribution in [0, 0.1) is 0 Å². The highest BCUT2D eigenvalue weighted by atomic mass is 32.2. The van der Waals surface area contributed by atoms with Gasteiger partial charge in [-0.3, -0.25) is 9.59 Å². The van der Waals surface area contributed by atoms with Gasteiger partial charge in [0.25, 0.3) is 5.91 Å². The molecule has 0 bridgehead atoms. The van der Waals surface area contributed by atoms with Gasteiger partial charge in [0, 0.05) is 29.5 Å². The fraction of sp³-hybridized carbons (Fsp3) is 0.316. The topological polar surface area (TPSA) is 85.2 Å². The third-order valence-electron chi connectivity index (χ3n) is 4.38. The van der Waals surface area contributed by atoms with Crippen molar-refractivity contribution in [2.45, 2.75) is 12.5 Å². The van der Waals surface area contributed by atoms with Crippen LogP contribution in [0.2, 0.25) is 0 Å². The summed E-state index contributed by atoms with van der Waals surface area (Å²) in [6.45, 7) is 0. The van der Waals surface area contributed by atoms with E-state index >= 15 is 0 Å². The number of nitrogens with one attached hydrogen (secondary N) is 2. The number of aryl methyl sites for hydroxylation is 1. The molecule has 0 saturated heterocycles. The zero-order chi connectivity index (χ0) is 20.1. The van der Waals surface area contributed by atoms with Gasteiger partial charge in [0.1, 0.15) is 17.5 Å². The smallest absolute Gasteiger partial charge is 0.268 e. The Kier molecular flexibility index (Phi) is 6.58. The summed E-state index contributed by atoms with van der Waals surface area (Å²) in [6.07, 6.45) is 4.12. The number of methoxy groups -OCH3 is 1. The number of aromatic nitrogens is 2. The number of fused-ring (bicyclic) bond motifs is 1. The van der Waals surface area contributed by atoms with Crippen molar-refractivity contribution < 1.29 is 14.3 Å². The van der Waals surface area contributed by atoms with Gasteiger partial charge in [-0.25, -0.2) is 4.98 Å². The first-order valence-corrected chi connectivity index (χ1v) is 10.9. The number of nitrogens with zero attached hydrogens (tertiary/aromatic N) is 2. The minimum Gasteiger partial charge on any atom is -0.497 e. The molecule has 7 nitrogen and oxygen atoms in total. The van der Waals surface area contributed by atoms with E-state index in [9.17, 15) is 9.59 Å². The lowest BCUT2D eigenvalue weighted by Crippen LogP contribution is -2.44. The Hall–Kier alpha value is -2.52. The Balaban J connectivity index is 1.79. The quantitative estimate of drug-likeness (QED) is 0.587. The van der Waals surface area contributed by atoms with Crippen LogP contribution in [0.25, 0.3) is 10.9 Å². The number of benzene rings is 1. The number of carbonyl (C=O) groups is 2. The van der Waals surface area contributed by atoms with Crippen molar-refractivity contribution in [3.8, 4) is 5.75 Å². The molecule has 2 heterocycles. The second-order valence-corrected chi connectivity index (χ2v) is 8.03. The lowest BCUT2D eigenvalue weighted by Gasteiger charge is -2.17. The number of ether oxygens (including phenoxy) is 1. The molecule has 9 heteroatoms. The molecule has 0 aliphatic rings. The maximum atomic E-state index is 12.9. The van der Waals surface area contributed by atoms with Gasteiger partial charge in [-0.1, -0.05) is 0 Å². The van der Waals surface area contributed by atoms with E-state index in [1.165, 1.54) is 11.3 Å². The highest BCUT2D eigenvalue weighted by Gasteiger charge is 2.23. The zero-order valence-electron chi connectivity index (χ0n) is 15.9. The molecular formula is C19H22N4O3S2. The lowest BCUT2D eigenvalue weighted by molar-refractivity contribution is -0.118. The molecule has 0 unspecified atom stereocenters. The van der Waals surface area contributed by atoms with Gasteiger partial charge in [0.15, 0.2) is 5.13 Å². The van der Waals surface area contributed by atoms with Gasteiger partial charge in [-0.05, 0) is 42.7 Å². The molecule has 0 saturated carbocycles. The molecule has 3 rings (SSSR count). The van der Waals surface area contributed by atoms with Crippen molar-refractivity contribution in [3.63, 3.8) is 0 Å². The SMILES string of the molecule is COc1ccc2c(c1)cc(C(=O)N[C@@H](CCSC)C(=O)Nc1nccs1)n2C. The standard InChI is InChI=1S/C19H22N4O3S2/c1-23-15-5-4-13(26-2)10-12(15)11-16(23)18(25)21-14(6-8-27-3)17(24)22-19-20-7-9-28-19/h4-5,7,9-11,14H,6,8H2,1-3H3,(H,21,25)(H,20,22,24)/t14-/m0/s1. The average molecular weight is 419 g/mol. The van der Waals surface area contributed by atoms with Crippen LogP contribution in [0.4, 0.5) is 5.13 Å². The summed E-state index contributed by atoms with van der Waals surface area (Å²) in [5, 5.41) is 8.84. The monoisotopic (exact) mass is 418 g/mol. The number of rotatable bonds is 8. The average Bonchev–Trinajstić information content (AvgIpc) is 3.32. The maximum Gasteiger partial charge on any atom is 0.268 e. The van der Waals surface area contributed by atoms with Gasteiger partial charge >= 0.3 is 0 Å². The van der Waals surface area contributed by atoms with Gasteiger partial charge in [-0.15, -0.1) is 11.3 Å². The van der Waals surface area contributed by atoms with E-state index < -0.39 is 6.04 Å². The summed E-state index contributed by atoms with van der Waals surface area (Å²) >= 11 is 2.97. The van der Waals surface area contributed by atoms with Crippen LogP contribution >= 0.6 is 23.1 Å². The van der Waals surface area contributed by atoms with Gasteiger partial charge < -0.3 is 19.9 Å². The fourth-order valence-corrected chi connectivity index (χ4v) is 3.89. The number of hydrogen-bond donors (Lipinski definition) is 2. The second-order valence-electron chi connectivity index (χ2n) is 6.15. The Morgan fingerprint density at radius 3 is 2.86 bits per heavy atom. The van der Waals surface area contributed by atoms with Crippen LogP contribution in [0.5, 0.6) is 5.75 Å². The number of thiazole rings is 1. The summed E-state index contributed by atoms with van der Waals surface area (Å²) in [6, 6.07) is 6.80. The van der Waals surface area contributed by atoms with Crippen LogP contribution < -0.4 is 15.4 Å². The van der Waals surface area contributed by atoms with E-state index in [-0.39, 0.29) is 11.8 Å². The molecule has 28 heavy (non-hydrogen) atoms. The second kappa shape index (κ2) is 9.11. The first kappa shape index (κ1) is 20.2. The number of anilines is 1. The van der Waals surface area contributed by atoms with E-state index in [4.69, 9.17) is 4.74 Å². The molecule has 3 aromatic rings. The molecule has 2 aromatic heterocycles. The van der Waals surface area contributed by atoms with Crippen molar-refractivity contribution in [1.29, 1.82) is 0 Å². The van der Waals surface area contributed by atoms with E-state index in [1.807, 2.05) is 36.1 Å². The maximum absolute atomic E-state index is 12.9. The van der Waals surface area contributed by atoms with E-state index in [2.05, 4.69) is 15.6 Å². The number of carbonyl (C=O) groups excluding carboxylic acids is 2. The predicted octanol–water partition coefficient (Wildman–Crippen LogP) is 3.13. The van der Waals surface area contributed by atoms with Crippen molar-refractivity contribution in [3.05, 3.63) is 41.5 Å². The van der Waals surface area contributed by atoms with Crippen molar-refractivity contribution >= 4 is 50.9 Å². The number of thioether (sulfide) groups is 1. The van der Waals surface area contributed by atoms with E-state index in [0.717, 1.165) is 22.4 Å². The van der Waals surface area contributed by atoms with Crippen LogP contribution in [-0.4, -0.2) is 46.5 Å². The van der Waals surface area contributed by atoms with Crippen LogP contribution in [-0.2, 0) is 11.8 Å². The molecule has 0 aliphatic carbocycles. The lowest BCUT2D eigenvalue weighted by atomic mass is 10.2. The third kappa shape index (κ3) is 4.48. The summed E-state index contributed by atoms with van der Waals surface area (Å²) in [5.41, 5.74) is 1.40. The molecule has 1 aromatic carbocycles. The molecule has 2 N–H and O–H groups in total. The predicted molar refractivity (Wildman–Crippen MR) is 114 cm³/mol. The zero-order valence-corrected chi connectivity index (χ0v) is 17.5. The number of amides is 2. The summed E-state index contributed by atoms with van der Waals surface area (Å²) in [5.74, 6) is 0.921. The molecule has 1 atom stereocenters. The van der Waals surface area contributed by atoms with Gasteiger partial charge in [-0.2, -0.15) is 11.8 Å². The molecule has 0 aliphatic heterocycles. The fourth-order valence-electron chi connectivity index (χ4n) is 2.89. The minimum absolute atomic E-state index is 0.266. The molecular weight excluding hydrogens is 396 g/mol. The molecule has 2 amide bonds. The van der Waals surface area contributed by atoms with Crippen LogP contribution in [0.15, 0.2) is 35.8 Å². The first-order chi connectivity index (χ1) is 13.5. The molecule has 0 fully saturated rings. The van der Waals surface area contributed by atoms with Crippen LogP contribution in [0.3, 0.4) is 0 Å². The Labute approximate surface area is 171 Å². The number of hydrogen-bond acceptors (Lipinski definition) is 6. The Bertz CT molecular complexity index is 969. The molecule has 148 valence electrons. The van der Waals surface area contributed by atoms with E-state index in [1.54, 1.807) is 36.5 Å². The summed E-state index contributed by atoms with van der Waals surface area (Å²) in [4.78, 5) is 29.6. The van der Waals surface area contributed by atoms with Crippen molar-refractivity contribution in [2.24, 2.45) is 7.05 Å². The Morgan fingerprint density at radius 1 is 1.36 bits per heavy atom. The Morgan fingerprint density at radius 2 is 2.18 bits per heavy atom. The molecule has 0 spiro atoms. The minimum atomic E-state index is -0.642. The van der Waals surface area contributed by atoms with Gasteiger partial charge in [0.2, 0.25) is 5.91 Å². The summed E-state index contributed by atoms with van der Waals surface area (Å²) < 4.78 is 7.07. The van der Waals surface area contributed by atoms with Gasteiger partial charge in [0.05, 0.1) is 7.11 Å². The largest absolute Gasteiger partial charge is 0.497 e. The first-order valence-electron chi connectivity index (χ1n) is 8.67. The summed E-state index contributed by atoms with van der Waals surface area (Å²) in [7, 11) is 3.44.